The van der Waals surface area contributed by atoms with Crippen LogP contribution in [-0.4, -0.2) is 44.2 Å². The van der Waals surface area contributed by atoms with Crippen molar-refractivity contribution >= 4 is 25.5 Å². The van der Waals surface area contributed by atoms with Gasteiger partial charge in [0.05, 0.1) is 0 Å². The monoisotopic (exact) mass is 227 g/mol. The molecular weight excluding hydrogens is 216 g/mol. The minimum Gasteiger partial charge on any atom is -1.00 e. The first-order valence-electron chi connectivity index (χ1n) is 2.70. The van der Waals surface area contributed by atoms with Gasteiger partial charge in [-0.25, -0.2) is 0 Å². The number of rotatable bonds is 0. The van der Waals surface area contributed by atoms with Crippen molar-refractivity contribution in [3.8, 4) is 0 Å². The van der Waals surface area contributed by atoms with Crippen molar-refractivity contribution in [2.75, 3.05) is 14.1 Å². The fourth-order valence-electron chi connectivity index (χ4n) is 0.555. The molecule has 0 saturated carbocycles. The van der Waals surface area contributed by atoms with Gasteiger partial charge in [-0.1, -0.05) is 0 Å². The molecule has 5 heteroatoms. The third-order valence-corrected chi connectivity index (χ3v) is 3.39. The zero-order valence-corrected chi connectivity index (χ0v) is 8.43. The van der Waals surface area contributed by atoms with E-state index in [9.17, 15) is 0 Å². The molecule has 0 bridgehead atoms. The Labute approximate surface area is 73.0 Å². The normalized spacial score (nSPS) is 16.2. The van der Waals surface area contributed by atoms with E-state index in [1.807, 2.05) is 18.7 Å². The van der Waals surface area contributed by atoms with E-state index >= 15 is 0 Å². The minimum absolute atomic E-state index is 0. The van der Waals surface area contributed by atoms with E-state index in [4.69, 9.17) is 5.73 Å². The molecule has 3 nitrogen and oxygen atoms in total. The predicted octanol–water partition coefficient (Wildman–Crippen LogP) is -3.89. The number of aliphatic imine (C=N–C) groups is 1. The Morgan fingerprint density at radius 1 is 1.60 bits per heavy atom. The Bertz CT molecular complexity index is 183. The second kappa shape index (κ2) is 3.96. The topological polar surface area (TPSA) is 41.4 Å². The van der Waals surface area contributed by atoms with Crippen LogP contribution < -0.4 is 18.1 Å². The Balaban J connectivity index is 0.000000810. The summed E-state index contributed by atoms with van der Waals surface area (Å²) in [5.41, 5.74) is 5.48. The first-order valence-corrected chi connectivity index (χ1v) is 4.77. The van der Waals surface area contributed by atoms with E-state index in [2.05, 4.69) is 4.99 Å². The summed E-state index contributed by atoms with van der Waals surface area (Å²) in [4.78, 5) is 4.15. The molecule has 0 amide bonds. The quantitative estimate of drug-likeness (QED) is 0.333. The van der Waals surface area contributed by atoms with Gasteiger partial charge in [0.1, 0.15) is 0 Å². The first kappa shape index (κ1) is 9.95. The first-order chi connectivity index (χ1) is 4.20. The molecule has 0 fully saturated rings. The van der Waals surface area contributed by atoms with Crippen molar-refractivity contribution in [1.29, 1.82) is 0 Å². The van der Waals surface area contributed by atoms with Gasteiger partial charge in [0.25, 0.3) is 0 Å². The van der Waals surface area contributed by atoms with Crippen LogP contribution in [0.5, 0.6) is 0 Å². The number of nitrogens with two attached hydrogens (primary N) is 1. The average molecular weight is 227 g/mol. The molecule has 0 spiro atoms. The van der Waals surface area contributed by atoms with Gasteiger partial charge in [-0.3, -0.25) is 0 Å². The van der Waals surface area contributed by atoms with Crippen LogP contribution in [0.15, 0.2) is 4.99 Å². The Morgan fingerprint density at radius 2 is 2.20 bits per heavy atom. The van der Waals surface area contributed by atoms with Crippen LogP contribution >= 0.6 is 0 Å². The summed E-state index contributed by atoms with van der Waals surface area (Å²) in [7, 11) is 4.00. The van der Waals surface area contributed by atoms with Crippen molar-refractivity contribution in [3.63, 3.8) is 0 Å². The molecule has 58 valence electrons. The Morgan fingerprint density at radius 3 is 2.40 bits per heavy atom. The van der Waals surface area contributed by atoms with Crippen LogP contribution in [0.3, 0.4) is 0 Å². The Kier molecular flexibility index (Phi) is 3.94. The summed E-state index contributed by atoms with van der Waals surface area (Å²) in [6.45, 7) is 0. The Hall–Kier alpha value is -0.0505. The summed E-state index contributed by atoms with van der Waals surface area (Å²) in [5, 5.41) is 0.987. The van der Waals surface area contributed by atoms with Gasteiger partial charge in [-0.2, -0.15) is 0 Å². The van der Waals surface area contributed by atoms with E-state index < -0.39 is 0 Å². The molecule has 0 unspecified atom stereocenters. The molecule has 1 aliphatic heterocycles. The predicted molar refractivity (Wildman–Crippen MR) is 39.3 cm³/mol. The number of hydrogen-bond donors (Lipinski definition) is 1. The van der Waals surface area contributed by atoms with Crippen LogP contribution in [0.25, 0.3) is 0 Å². The van der Waals surface area contributed by atoms with Crippen LogP contribution in [0.4, 0.5) is 0 Å². The fourth-order valence-corrected chi connectivity index (χ4v) is 2.19. The summed E-state index contributed by atoms with van der Waals surface area (Å²) in [6.07, 6.45) is 0. The molecule has 0 aliphatic carbocycles. The van der Waals surface area contributed by atoms with E-state index in [1.54, 1.807) is 0 Å². The van der Waals surface area contributed by atoms with Crippen LogP contribution in [0.1, 0.15) is 0 Å². The largest absolute Gasteiger partial charge is 1.00 e. The second-order valence-corrected chi connectivity index (χ2v) is 4.05. The summed E-state index contributed by atoms with van der Waals surface area (Å²) >= 11 is 0.494. The van der Waals surface area contributed by atoms with Crippen molar-refractivity contribution in [3.05, 3.63) is 0 Å². The third-order valence-electron chi connectivity index (χ3n) is 0.971. The molecule has 10 heavy (non-hydrogen) atoms. The molecule has 0 saturated heterocycles. The standard InChI is InChI=1S/C5H9N3Se.ClH/c1-8(2)5-7-4(6)3-9-5;/h6H,3H2,1-2H3;1H. The molecule has 1 heterocycles. The molecular formula is C5H10ClN3Se. The number of hydrogen-bond acceptors (Lipinski definition) is 1. The summed E-state index contributed by atoms with van der Waals surface area (Å²) in [5.74, 6) is 0.790. The molecule has 0 aromatic heterocycles. The van der Waals surface area contributed by atoms with Crippen molar-refractivity contribution in [2.24, 2.45) is 10.7 Å². The minimum atomic E-state index is 0. The van der Waals surface area contributed by atoms with Crippen LogP contribution in [0, 0.1) is 0 Å². The number of halogens is 1. The van der Waals surface area contributed by atoms with E-state index in [0.29, 0.717) is 15.0 Å². The van der Waals surface area contributed by atoms with E-state index in [0.717, 1.165) is 15.9 Å². The third kappa shape index (κ3) is 2.29. The maximum absolute atomic E-state index is 5.48. The molecule has 0 atom stereocenters. The zero-order valence-electron chi connectivity index (χ0n) is 5.97. The zero-order chi connectivity index (χ0) is 6.85. The van der Waals surface area contributed by atoms with E-state index in [1.165, 1.54) is 0 Å². The van der Waals surface area contributed by atoms with Gasteiger partial charge in [-0.05, 0) is 0 Å². The van der Waals surface area contributed by atoms with Gasteiger partial charge < -0.3 is 12.4 Å². The molecule has 1 aliphatic rings. The molecule has 1 rings (SSSR count). The molecule has 0 aromatic rings. The summed E-state index contributed by atoms with van der Waals surface area (Å²) in [6, 6.07) is 0. The maximum Gasteiger partial charge on any atom is -1.00 e. The van der Waals surface area contributed by atoms with Crippen molar-refractivity contribution in [1.82, 2.24) is 0 Å². The molecule has 0 radical (unpaired) electrons. The van der Waals surface area contributed by atoms with Crippen LogP contribution in [0.2, 0.25) is 5.32 Å². The molecule has 0 aromatic carbocycles. The molecule has 2 N–H and O–H groups in total. The smallest absolute Gasteiger partial charge is 1.00 e. The van der Waals surface area contributed by atoms with Gasteiger partial charge in [0, 0.05) is 0 Å². The summed E-state index contributed by atoms with van der Waals surface area (Å²) < 4.78 is 3.18. The van der Waals surface area contributed by atoms with Crippen LogP contribution in [-0.2, 0) is 0 Å². The van der Waals surface area contributed by atoms with Gasteiger partial charge in [0.15, 0.2) is 0 Å². The number of nitrogens with zero attached hydrogens (tertiary/aromatic N) is 2. The van der Waals surface area contributed by atoms with Gasteiger partial charge in [-0.15, -0.1) is 0 Å². The second-order valence-electron chi connectivity index (χ2n) is 2.07. The fraction of sp³-hybridized carbons (Fsp3) is 0.600. The van der Waals surface area contributed by atoms with E-state index in [-0.39, 0.29) is 12.4 Å². The van der Waals surface area contributed by atoms with Gasteiger partial charge in [0.2, 0.25) is 0 Å². The average Bonchev–Trinajstić information content (AvgIpc) is 2.14. The number of amidine groups is 2. The van der Waals surface area contributed by atoms with Crippen molar-refractivity contribution < 1.29 is 17.0 Å². The maximum atomic E-state index is 5.48. The van der Waals surface area contributed by atoms with Crippen molar-refractivity contribution in [2.45, 2.75) is 5.32 Å². The van der Waals surface area contributed by atoms with Gasteiger partial charge >= 0.3 is 60.2 Å². The SMILES string of the molecule is C[N+](C)=C1N=C(N)C[Se]1.[Cl-].